The summed E-state index contributed by atoms with van der Waals surface area (Å²) in [6.45, 7) is 2.66. The fourth-order valence-electron chi connectivity index (χ4n) is 2.32. The van der Waals surface area contributed by atoms with Crippen LogP contribution >= 0.6 is 15.9 Å². The summed E-state index contributed by atoms with van der Waals surface area (Å²) in [7, 11) is 0. The fourth-order valence-corrected chi connectivity index (χ4v) is 2.59. The standard InChI is InChI=1S/C13H17BrFN/c1-13(15,12-3-2-8-16-12)9-10-4-6-11(14)7-5-10/h4-7,12,16H,2-3,8-9H2,1H3. The Labute approximate surface area is 105 Å². The van der Waals surface area contributed by atoms with E-state index in [1.807, 2.05) is 24.3 Å². The van der Waals surface area contributed by atoms with Crippen molar-refractivity contribution in [3.8, 4) is 0 Å². The van der Waals surface area contributed by atoms with Crippen molar-refractivity contribution in [3.05, 3.63) is 34.3 Å². The van der Waals surface area contributed by atoms with Crippen LogP contribution in [0.15, 0.2) is 28.7 Å². The molecule has 1 N–H and O–H groups in total. The third-order valence-corrected chi connectivity index (χ3v) is 3.78. The highest BCUT2D eigenvalue weighted by Crippen LogP contribution is 2.27. The summed E-state index contributed by atoms with van der Waals surface area (Å²) in [5.74, 6) is 0. The van der Waals surface area contributed by atoms with Crippen LogP contribution in [-0.4, -0.2) is 18.3 Å². The molecule has 1 aliphatic rings. The number of alkyl halides is 1. The largest absolute Gasteiger partial charge is 0.311 e. The molecular formula is C13H17BrFN. The van der Waals surface area contributed by atoms with Crippen LogP contribution in [0.25, 0.3) is 0 Å². The number of halogens is 2. The molecule has 2 atom stereocenters. The Morgan fingerprint density at radius 1 is 1.44 bits per heavy atom. The first kappa shape index (κ1) is 12.1. The first-order chi connectivity index (χ1) is 7.58. The van der Waals surface area contributed by atoms with E-state index in [-0.39, 0.29) is 6.04 Å². The molecule has 1 aromatic rings. The molecule has 1 aromatic carbocycles. The van der Waals surface area contributed by atoms with Gasteiger partial charge in [-0.15, -0.1) is 0 Å². The molecule has 88 valence electrons. The normalized spacial score (nSPS) is 24.3. The van der Waals surface area contributed by atoms with E-state index in [2.05, 4.69) is 21.2 Å². The summed E-state index contributed by atoms with van der Waals surface area (Å²) in [6, 6.07) is 7.91. The van der Waals surface area contributed by atoms with Crippen LogP contribution in [0.3, 0.4) is 0 Å². The van der Waals surface area contributed by atoms with Gasteiger partial charge in [-0.1, -0.05) is 28.1 Å². The van der Waals surface area contributed by atoms with Gasteiger partial charge in [0.25, 0.3) is 0 Å². The molecule has 1 saturated heterocycles. The van der Waals surface area contributed by atoms with Crippen LogP contribution in [0.2, 0.25) is 0 Å². The summed E-state index contributed by atoms with van der Waals surface area (Å²) < 4.78 is 15.5. The van der Waals surface area contributed by atoms with Crippen LogP contribution in [0, 0.1) is 0 Å². The molecule has 0 bridgehead atoms. The van der Waals surface area contributed by atoms with Gasteiger partial charge in [-0.05, 0) is 44.0 Å². The van der Waals surface area contributed by atoms with E-state index in [9.17, 15) is 4.39 Å². The Kier molecular flexibility index (Phi) is 3.65. The maximum atomic E-state index is 14.5. The summed E-state index contributed by atoms with van der Waals surface area (Å²) in [5.41, 5.74) is -0.0912. The van der Waals surface area contributed by atoms with E-state index in [4.69, 9.17) is 0 Å². The van der Waals surface area contributed by atoms with Crippen molar-refractivity contribution in [2.75, 3.05) is 6.54 Å². The first-order valence-electron chi connectivity index (χ1n) is 5.75. The Morgan fingerprint density at radius 3 is 2.69 bits per heavy atom. The molecule has 0 radical (unpaired) electrons. The topological polar surface area (TPSA) is 12.0 Å². The summed E-state index contributed by atoms with van der Waals surface area (Å²) in [4.78, 5) is 0. The molecule has 0 saturated carbocycles. The molecule has 0 aliphatic carbocycles. The number of hydrogen-bond donors (Lipinski definition) is 1. The lowest BCUT2D eigenvalue weighted by Gasteiger charge is -2.27. The van der Waals surface area contributed by atoms with Gasteiger partial charge in [0.1, 0.15) is 5.67 Å². The van der Waals surface area contributed by atoms with Crippen molar-refractivity contribution >= 4 is 15.9 Å². The molecule has 0 amide bonds. The third kappa shape index (κ3) is 2.83. The zero-order chi connectivity index (χ0) is 11.6. The van der Waals surface area contributed by atoms with Gasteiger partial charge < -0.3 is 5.32 Å². The molecule has 1 fully saturated rings. The zero-order valence-corrected chi connectivity index (χ0v) is 11.1. The number of hydrogen-bond acceptors (Lipinski definition) is 1. The van der Waals surface area contributed by atoms with Crippen molar-refractivity contribution in [3.63, 3.8) is 0 Å². The maximum Gasteiger partial charge on any atom is 0.127 e. The van der Waals surface area contributed by atoms with Crippen molar-refractivity contribution in [2.45, 2.75) is 37.9 Å². The zero-order valence-electron chi connectivity index (χ0n) is 9.47. The number of nitrogens with one attached hydrogen (secondary N) is 1. The average molecular weight is 286 g/mol. The predicted molar refractivity (Wildman–Crippen MR) is 68.4 cm³/mol. The quantitative estimate of drug-likeness (QED) is 0.897. The van der Waals surface area contributed by atoms with E-state index in [1.54, 1.807) is 6.92 Å². The lowest BCUT2D eigenvalue weighted by atomic mass is 9.90. The summed E-state index contributed by atoms with van der Waals surface area (Å²) >= 11 is 3.39. The lowest BCUT2D eigenvalue weighted by Crippen LogP contribution is -2.43. The van der Waals surface area contributed by atoms with Gasteiger partial charge in [-0.25, -0.2) is 4.39 Å². The van der Waals surface area contributed by atoms with Crippen molar-refractivity contribution in [1.82, 2.24) is 5.32 Å². The monoisotopic (exact) mass is 285 g/mol. The van der Waals surface area contributed by atoms with E-state index in [0.717, 1.165) is 29.4 Å². The van der Waals surface area contributed by atoms with Crippen LogP contribution < -0.4 is 5.32 Å². The van der Waals surface area contributed by atoms with E-state index in [0.29, 0.717) is 6.42 Å². The second-order valence-corrected chi connectivity index (χ2v) is 5.65. The van der Waals surface area contributed by atoms with Gasteiger partial charge in [0.2, 0.25) is 0 Å². The summed E-state index contributed by atoms with van der Waals surface area (Å²) in [6.07, 6.45) is 2.52. The second-order valence-electron chi connectivity index (χ2n) is 4.73. The highest BCUT2D eigenvalue weighted by Gasteiger charge is 2.35. The van der Waals surface area contributed by atoms with Crippen LogP contribution in [0.5, 0.6) is 0 Å². The minimum atomic E-state index is -1.15. The van der Waals surface area contributed by atoms with Gasteiger partial charge >= 0.3 is 0 Å². The molecule has 2 unspecified atom stereocenters. The van der Waals surface area contributed by atoms with Gasteiger partial charge in [-0.2, -0.15) is 0 Å². The molecule has 0 aromatic heterocycles. The van der Waals surface area contributed by atoms with Crippen LogP contribution in [0.4, 0.5) is 4.39 Å². The van der Waals surface area contributed by atoms with Gasteiger partial charge in [0.05, 0.1) is 0 Å². The van der Waals surface area contributed by atoms with Crippen LogP contribution in [0.1, 0.15) is 25.3 Å². The molecule has 1 heterocycles. The van der Waals surface area contributed by atoms with Crippen molar-refractivity contribution in [1.29, 1.82) is 0 Å². The molecule has 2 rings (SSSR count). The highest BCUT2D eigenvalue weighted by atomic mass is 79.9. The highest BCUT2D eigenvalue weighted by molar-refractivity contribution is 9.10. The Balaban J connectivity index is 2.04. The Bertz CT molecular complexity index is 341. The maximum absolute atomic E-state index is 14.5. The third-order valence-electron chi connectivity index (χ3n) is 3.25. The Hall–Kier alpha value is -0.410. The van der Waals surface area contributed by atoms with Gasteiger partial charge in [0.15, 0.2) is 0 Å². The SMILES string of the molecule is CC(F)(Cc1ccc(Br)cc1)C1CCCN1. The van der Waals surface area contributed by atoms with Gasteiger partial charge in [-0.3, -0.25) is 0 Å². The molecule has 0 spiro atoms. The number of benzene rings is 1. The average Bonchev–Trinajstić information content (AvgIpc) is 2.75. The van der Waals surface area contributed by atoms with E-state index in [1.165, 1.54) is 0 Å². The first-order valence-corrected chi connectivity index (χ1v) is 6.54. The van der Waals surface area contributed by atoms with Crippen LogP contribution in [-0.2, 0) is 6.42 Å². The minimum absolute atomic E-state index is 0.0103. The smallest absolute Gasteiger partial charge is 0.127 e. The molecule has 16 heavy (non-hydrogen) atoms. The van der Waals surface area contributed by atoms with Crippen molar-refractivity contribution in [2.24, 2.45) is 0 Å². The molecule has 1 aliphatic heterocycles. The molecule has 1 nitrogen and oxygen atoms in total. The molecular weight excluding hydrogens is 269 g/mol. The minimum Gasteiger partial charge on any atom is -0.311 e. The van der Waals surface area contributed by atoms with E-state index < -0.39 is 5.67 Å². The Morgan fingerprint density at radius 2 is 2.12 bits per heavy atom. The second kappa shape index (κ2) is 4.84. The predicted octanol–water partition coefficient (Wildman–Crippen LogP) is 3.47. The molecule has 3 heteroatoms. The lowest BCUT2D eigenvalue weighted by molar-refractivity contribution is 0.137. The number of rotatable bonds is 3. The van der Waals surface area contributed by atoms with Crippen molar-refractivity contribution < 1.29 is 4.39 Å². The van der Waals surface area contributed by atoms with E-state index >= 15 is 0 Å². The van der Waals surface area contributed by atoms with Gasteiger partial charge in [0, 0.05) is 16.9 Å². The fraction of sp³-hybridized carbons (Fsp3) is 0.538. The summed E-state index contributed by atoms with van der Waals surface area (Å²) in [5, 5.41) is 3.24.